The number of nitrogens with zero attached hydrogens (tertiary/aromatic N) is 2. The van der Waals surface area contributed by atoms with Crippen LogP contribution in [0.15, 0.2) is 71.3 Å². The molecule has 0 bridgehead atoms. The van der Waals surface area contributed by atoms with Crippen LogP contribution in [0.3, 0.4) is 0 Å². The summed E-state index contributed by atoms with van der Waals surface area (Å²) in [5.41, 5.74) is 3.52. The zero-order valence-electron chi connectivity index (χ0n) is 17.5. The fourth-order valence-corrected chi connectivity index (χ4v) is 3.77. The first-order chi connectivity index (χ1) is 15.6. The maximum Gasteiger partial charge on any atom is 0.259 e. The molecule has 0 spiro atoms. The van der Waals surface area contributed by atoms with Crippen molar-refractivity contribution in [1.82, 2.24) is 15.5 Å². The van der Waals surface area contributed by atoms with Crippen molar-refractivity contribution >= 4 is 28.6 Å². The molecule has 5 rings (SSSR count). The molecule has 0 unspecified atom stereocenters. The first kappa shape index (κ1) is 19.9. The Balaban J connectivity index is 1.49. The van der Waals surface area contributed by atoms with Crippen LogP contribution in [0.1, 0.15) is 52.1 Å². The van der Waals surface area contributed by atoms with Gasteiger partial charge in [0.25, 0.3) is 17.5 Å². The van der Waals surface area contributed by atoms with E-state index >= 15 is 0 Å². The van der Waals surface area contributed by atoms with Crippen molar-refractivity contribution < 1.29 is 14.1 Å². The van der Waals surface area contributed by atoms with E-state index in [4.69, 9.17) is 4.52 Å². The van der Waals surface area contributed by atoms with E-state index in [1.165, 1.54) is 0 Å². The molecule has 1 aliphatic rings. The van der Waals surface area contributed by atoms with E-state index in [1.807, 2.05) is 48.5 Å². The van der Waals surface area contributed by atoms with Crippen molar-refractivity contribution in [3.8, 4) is 0 Å². The highest BCUT2D eigenvalue weighted by molar-refractivity contribution is 6.08. The monoisotopic (exact) mass is 426 g/mol. The van der Waals surface area contributed by atoms with Gasteiger partial charge in [0.2, 0.25) is 0 Å². The molecular weight excluding hydrogens is 404 g/mol. The van der Waals surface area contributed by atoms with Gasteiger partial charge in [0, 0.05) is 17.3 Å². The van der Waals surface area contributed by atoms with E-state index in [-0.39, 0.29) is 11.8 Å². The number of aromatic nitrogens is 2. The molecule has 32 heavy (non-hydrogen) atoms. The van der Waals surface area contributed by atoms with Gasteiger partial charge < -0.3 is 15.2 Å². The lowest BCUT2D eigenvalue weighted by atomic mass is 10.0. The minimum absolute atomic E-state index is 0.328. The van der Waals surface area contributed by atoms with Gasteiger partial charge in [0.15, 0.2) is 0 Å². The molecule has 0 aliphatic heterocycles. The normalized spacial score (nSPS) is 14.2. The average Bonchev–Trinajstić information content (AvgIpc) is 3.61. The third-order valence-corrected chi connectivity index (χ3v) is 5.59. The molecule has 2 aromatic heterocycles. The molecule has 2 N–H and O–H groups in total. The molecule has 2 amide bonds. The van der Waals surface area contributed by atoms with Crippen LogP contribution < -0.4 is 10.6 Å². The first-order valence-corrected chi connectivity index (χ1v) is 10.6. The highest BCUT2D eigenvalue weighted by Crippen LogP contribution is 2.40. The van der Waals surface area contributed by atoms with Gasteiger partial charge in [0.05, 0.1) is 16.6 Å². The van der Waals surface area contributed by atoms with E-state index in [0.29, 0.717) is 39.5 Å². The highest BCUT2D eigenvalue weighted by atomic mass is 16.5. The molecule has 0 saturated heterocycles. The van der Waals surface area contributed by atoms with Crippen LogP contribution in [0.4, 0.5) is 5.69 Å². The Bertz CT molecular complexity index is 1280. The second-order valence-electron chi connectivity index (χ2n) is 7.99. The predicted octanol–water partition coefficient (Wildman–Crippen LogP) is 4.52. The summed E-state index contributed by atoms with van der Waals surface area (Å²) in [4.78, 5) is 31.2. The summed E-state index contributed by atoms with van der Waals surface area (Å²) in [6.07, 6.45) is 2.08. The predicted molar refractivity (Wildman–Crippen MR) is 120 cm³/mol. The molecule has 160 valence electrons. The fourth-order valence-electron chi connectivity index (χ4n) is 3.77. The summed E-state index contributed by atoms with van der Waals surface area (Å²) in [6, 6.07) is 19.3. The van der Waals surface area contributed by atoms with Gasteiger partial charge in [-0.05, 0) is 43.5 Å². The van der Waals surface area contributed by atoms with Crippen molar-refractivity contribution in [3.05, 3.63) is 89.2 Å². The third-order valence-electron chi connectivity index (χ3n) is 5.59. The Hall–Kier alpha value is -4.00. The molecule has 0 radical (unpaired) electrons. The second-order valence-corrected chi connectivity index (χ2v) is 7.99. The lowest BCUT2D eigenvalue weighted by molar-refractivity contribution is -0.118. The summed E-state index contributed by atoms with van der Waals surface area (Å²) in [6.45, 7) is 1.78. The van der Waals surface area contributed by atoms with Gasteiger partial charge in [-0.25, -0.2) is 4.98 Å². The van der Waals surface area contributed by atoms with Gasteiger partial charge in [-0.1, -0.05) is 53.7 Å². The topological polar surface area (TPSA) is 97.1 Å². The number of hydrogen-bond donors (Lipinski definition) is 2. The number of anilines is 1. The number of pyridine rings is 1. The summed E-state index contributed by atoms with van der Waals surface area (Å²) in [5.74, 6) is -0.365. The minimum Gasteiger partial charge on any atom is -0.336 e. The summed E-state index contributed by atoms with van der Waals surface area (Å²) >= 11 is 0. The number of hydrogen-bond acceptors (Lipinski definition) is 5. The minimum atomic E-state index is -0.878. The maximum atomic E-state index is 13.5. The Labute approximate surface area is 184 Å². The smallest absolute Gasteiger partial charge is 0.259 e. The van der Waals surface area contributed by atoms with E-state index in [1.54, 1.807) is 25.1 Å². The molecule has 1 saturated carbocycles. The van der Waals surface area contributed by atoms with Gasteiger partial charge in [0.1, 0.15) is 6.04 Å². The number of amides is 2. The SMILES string of the molecule is Cc1noc2nc(C3CC3)cc(C(=O)N[C@H](C(=O)Nc3ccccc3)c3ccccc3)c12. The van der Waals surface area contributed by atoms with Gasteiger partial charge in [-0.2, -0.15) is 0 Å². The van der Waals surface area contributed by atoms with Gasteiger partial charge in [-0.15, -0.1) is 0 Å². The van der Waals surface area contributed by atoms with Crippen molar-refractivity contribution in [2.45, 2.75) is 31.7 Å². The molecule has 1 fully saturated rings. The number of rotatable bonds is 6. The largest absolute Gasteiger partial charge is 0.336 e. The van der Waals surface area contributed by atoms with Crippen LogP contribution in [0.2, 0.25) is 0 Å². The van der Waals surface area contributed by atoms with Crippen LogP contribution >= 0.6 is 0 Å². The Morgan fingerprint density at radius 3 is 2.41 bits per heavy atom. The molecule has 1 atom stereocenters. The van der Waals surface area contributed by atoms with E-state index in [0.717, 1.165) is 18.5 Å². The molecule has 7 nitrogen and oxygen atoms in total. The lowest BCUT2D eigenvalue weighted by Crippen LogP contribution is -2.37. The summed E-state index contributed by atoms with van der Waals surface area (Å²) < 4.78 is 5.35. The van der Waals surface area contributed by atoms with E-state index in [9.17, 15) is 9.59 Å². The molecule has 2 heterocycles. The van der Waals surface area contributed by atoms with E-state index < -0.39 is 6.04 Å². The number of benzene rings is 2. The Morgan fingerprint density at radius 2 is 1.72 bits per heavy atom. The zero-order valence-corrected chi connectivity index (χ0v) is 17.5. The average molecular weight is 426 g/mol. The Morgan fingerprint density at radius 1 is 1.03 bits per heavy atom. The van der Waals surface area contributed by atoms with Crippen LogP contribution in [0.5, 0.6) is 0 Å². The third kappa shape index (κ3) is 3.97. The molecule has 7 heteroatoms. The molecule has 2 aromatic carbocycles. The number of carbonyl (C=O) groups is 2. The Kier molecular flexibility index (Phi) is 5.15. The lowest BCUT2D eigenvalue weighted by Gasteiger charge is -2.19. The van der Waals surface area contributed by atoms with Crippen LogP contribution in [-0.2, 0) is 4.79 Å². The highest BCUT2D eigenvalue weighted by Gasteiger charge is 2.30. The maximum absolute atomic E-state index is 13.5. The number of fused-ring (bicyclic) bond motifs is 1. The number of para-hydroxylation sites is 1. The first-order valence-electron chi connectivity index (χ1n) is 10.6. The van der Waals surface area contributed by atoms with Crippen LogP contribution in [0, 0.1) is 6.92 Å². The molecule has 1 aliphatic carbocycles. The number of aryl methyl sites for hydroxylation is 1. The zero-order chi connectivity index (χ0) is 22.1. The van der Waals surface area contributed by atoms with Crippen molar-refractivity contribution in [2.24, 2.45) is 0 Å². The second kappa shape index (κ2) is 8.26. The van der Waals surface area contributed by atoms with Gasteiger partial charge in [-0.3, -0.25) is 9.59 Å². The number of nitrogens with one attached hydrogen (secondary N) is 2. The standard InChI is InChI=1S/C25H22N4O3/c1-15-21-19(14-20(16-12-13-16)27-25(21)32-29-15)23(30)28-22(17-8-4-2-5-9-17)24(31)26-18-10-6-3-7-11-18/h2-11,14,16,22H,12-13H2,1H3,(H,26,31)(H,28,30)/t22-/m0/s1. The summed E-state index contributed by atoms with van der Waals surface area (Å²) in [7, 11) is 0. The van der Waals surface area contributed by atoms with Crippen LogP contribution in [-0.4, -0.2) is 22.0 Å². The molecular formula is C25H22N4O3. The van der Waals surface area contributed by atoms with Crippen molar-refractivity contribution in [3.63, 3.8) is 0 Å². The van der Waals surface area contributed by atoms with Crippen molar-refractivity contribution in [2.75, 3.05) is 5.32 Å². The summed E-state index contributed by atoms with van der Waals surface area (Å²) in [5, 5.41) is 10.4. The van der Waals surface area contributed by atoms with Crippen molar-refractivity contribution in [1.29, 1.82) is 0 Å². The molecule has 4 aromatic rings. The quantitative estimate of drug-likeness (QED) is 0.473. The van der Waals surface area contributed by atoms with Crippen LogP contribution in [0.25, 0.3) is 11.1 Å². The fraction of sp³-hybridized carbons (Fsp3) is 0.200. The van der Waals surface area contributed by atoms with E-state index in [2.05, 4.69) is 20.8 Å². The number of carbonyl (C=O) groups excluding carboxylic acids is 2. The van der Waals surface area contributed by atoms with Gasteiger partial charge >= 0.3 is 0 Å².